The van der Waals surface area contributed by atoms with Crippen LogP contribution in [0.3, 0.4) is 0 Å². The first-order valence-electron chi connectivity index (χ1n) is 6.28. The predicted octanol–water partition coefficient (Wildman–Crippen LogP) is 1.79. The van der Waals surface area contributed by atoms with Crippen molar-refractivity contribution in [2.24, 2.45) is 0 Å². The molecule has 17 heavy (non-hydrogen) atoms. The Kier molecular flexibility index (Phi) is 3.20. The van der Waals surface area contributed by atoms with E-state index in [0.29, 0.717) is 0 Å². The molecule has 1 N–H and O–H groups in total. The van der Waals surface area contributed by atoms with Crippen molar-refractivity contribution in [1.29, 1.82) is 0 Å². The molecule has 1 saturated heterocycles. The molecule has 1 aromatic heterocycles. The van der Waals surface area contributed by atoms with Crippen molar-refractivity contribution in [3.8, 4) is 0 Å². The van der Waals surface area contributed by atoms with Crippen LogP contribution in [0.15, 0.2) is 5.16 Å². The predicted molar refractivity (Wildman–Crippen MR) is 70.4 cm³/mol. The van der Waals surface area contributed by atoms with Gasteiger partial charge in [0, 0.05) is 31.7 Å². The lowest BCUT2D eigenvalue weighted by Crippen LogP contribution is -2.31. The number of thioether (sulfide) groups is 1. The van der Waals surface area contributed by atoms with Gasteiger partial charge in [-0.25, -0.2) is 9.97 Å². The van der Waals surface area contributed by atoms with Gasteiger partial charge < -0.3 is 10.2 Å². The highest BCUT2D eigenvalue weighted by Crippen LogP contribution is 2.28. The lowest BCUT2D eigenvalue weighted by atomic mass is 10.1. The monoisotopic (exact) mass is 250 g/mol. The summed E-state index contributed by atoms with van der Waals surface area (Å²) in [4.78, 5) is 11.8. The van der Waals surface area contributed by atoms with Gasteiger partial charge in [0.25, 0.3) is 0 Å². The molecule has 0 spiro atoms. The minimum atomic E-state index is 0.895. The van der Waals surface area contributed by atoms with Gasteiger partial charge in [0.05, 0.1) is 5.69 Å². The van der Waals surface area contributed by atoms with Gasteiger partial charge in [0.1, 0.15) is 5.82 Å². The van der Waals surface area contributed by atoms with Crippen LogP contribution in [0.25, 0.3) is 0 Å². The van der Waals surface area contributed by atoms with Gasteiger partial charge in [0.15, 0.2) is 5.16 Å². The summed E-state index contributed by atoms with van der Waals surface area (Å²) >= 11 is 1.64. The van der Waals surface area contributed by atoms with Gasteiger partial charge in [-0.1, -0.05) is 11.8 Å². The van der Waals surface area contributed by atoms with Crippen molar-refractivity contribution < 1.29 is 0 Å². The average molecular weight is 250 g/mol. The van der Waals surface area contributed by atoms with E-state index >= 15 is 0 Å². The first-order valence-corrected chi connectivity index (χ1v) is 7.50. The topological polar surface area (TPSA) is 41.1 Å². The van der Waals surface area contributed by atoms with Gasteiger partial charge in [-0.15, -0.1) is 0 Å². The number of anilines is 1. The summed E-state index contributed by atoms with van der Waals surface area (Å²) in [7, 11) is 0. The van der Waals surface area contributed by atoms with Crippen LogP contribution >= 0.6 is 11.8 Å². The highest BCUT2D eigenvalue weighted by molar-refractivity contribution is 7.98. The second-order valence-corrected chi connectivity index (χ2v) is 5.38. The average Bonchev–Trinajstić information content (AvgIpc) is 2.86. The molecule has 1 fully saturated rings. The molecule has 0 atom stereocenters. The van der Waals surface area contributed by atoms with E-state index in [-0.39, 0.29) is 0 Å². The maximum atomic E-state index is 4.72. The first kappa shape index (κ1) is 11.3. The fourth-order valence-electron chi connectivity index (χ4n) is 2.59. The van der Waals surface area contributed by atoms with Gasteiger partial charge in [-0.2, -0.15) is 0 Å². The van der Waals surface area contributed by atoms with Crippen molar-refractivity contribution in [1.82, 2.24) is 15.3 Å². The summed E-state index contributed by atoms with van der Waals surface area (Å²) in [5.74, 6) is 1.18. The molecule has 0 aliphatic carbocycles. The Labute approximate surface area is 106 Å². The molecule has 0 bridgehead atoms. The van der Waals surface area contributed by atoms with Crippen molar-refractivity contribution >= 4 is 17.6 Å². The summed E-state index contributed by atoms with van der Waals surface area (Å²) in [6.07, 6.45) is 5.99. The molecule has 0 unspecified atom stereocenters. The molecule has 0 aromatic carbocycles. The molecule has 5 heteroatoms. The molecule has 2 aliphatic heterocycles. The van der Waals surface area contributed by atoms with Gasteiger partial charge in [-0.3, -0.25) is 0 Å². The van der Waals surface area contributed by atoms with Crippen LogP contribution in [-0.2, 0) is 13.1 Å². The summed E-state index contributed by atoms with van der Waals surface area (Å²) in [6.45, 7) is 4.12. The highest BCUT2D eigenvalue weighted by atomic mass is 32.2. The Hall–Kier alpha value is -0.810. The Morgan fingerprint density at radius 3 is 2.71 bits per heavy atom. The fraction of sp³-hybridized carbons (Fsp3) is 0.667. The number of aromatic nitrogens is 2. The van der Waals surface area contributed by atoms with E-state index in [9.17, 15) is 0 Å². The molecular weight excluding hydrogens is 232 g/mol. The standard InChI is InChI=1S/C12H18N4S/c1-17-12-14-10-8-13-7-9(10)11(15-12)16-5-3-2-4-6-16/h13H,2-8H2,1H3. The third kappa shape index (κ3) is 2.13. The lowest BCUT2D eigenvalue weighted by molar-refractivity contribution is 0.569. The maximum absolute atomic E-state index is 4.72. The van der Waals surface area contributed by atoms with Crippen LogP contribution in [0.1, 0.15) is 30.5 Å². The lowest BCUT2D eigenvalue weighted by Gasteiger charge is -2.29. The molecule has 0 saturated carbocycles. The van der Waals surface area contributed by atoms with Crippen LogP contribution in [-0.4, -0.2) is 29.3 Å². The second kappa shape index (κ2) is 4.82. The molecular formula is C12H18N4S. The zero-order chi connectivity index (χ0) is 11.7. The largest absolute Gasteiger partial charge is 0.356 e. The van der Waals surface area contributed by atoms with E-state index in [1.807, 2.05) is 6.26 Å². The quantitative estimate of drug-likeness (QED) is 0.640. The summed E-state index contributed by atoms with van der Waals surface area (Å²) < 4.78 is 0. The van der Waals surface area contributed by atoms with Crippen LogP contribution in [0.4, 0.5) is 5.82 Å². The van der Waals surface area contributed by atoms with Crippen molar-refractivity contribution in [3.05, 3.63) is 11.3 Å². The van der Waals surface area contributed by atoms with E-state index in [4.69, 9.17) is 4.98 Å². The van der Waals surface area contributed by atoms with E-state index in [2.05, 4.69) is 15.2 Å². The molecule has 0 radical (unpaired) electrons. The molecule has 3 heterocycles. The van der Waals surface area contributed by atoms with Gasteiger partial charge >= 0.3 is 0 Å². The molecule has 0 amide bonds. The highest BCUT2D eigenvalue weighted by Gasteiger charge is 2.23. The number of rotatable bonds is 2. The Morgan fingerprint density at radius 1 is 1.12 bits per heavy atom. The zero-order valence-electron chi connectivity index (χ0n) is 10.2. The second-order valence-electron chi connectivity index (χ2n) is 4.61. The van der Waals surface area contributed by atoms with E-state index < -0.39 is 0 Å². The molecule has 2 aliphatic rings. The van der Waals surface area contributed by atoms with Crippen molar-refractivity contribution in [2.75, 3.05) is 24.2 Å². The van der Waals surface area contributed by atoms with Gasteiger partial charge in [0.2, 0.25) is 0 Å². The Balaban J connectivity index is 1.98. The molecule has 92 valence electrons. The smallest absolute Gasteiger partial charge is 0.189 e. The normalized spacial score (nSPS) is 19.5. The first-order chi connectivity index (χ1) is 8.38. The van der Waals surface area contributed by atoms with Gasteiger partial charge in [-0.05, 0) is 25.5 Å². The zero-order valence-corrected chi connectivity index (χ0v) is 11.0. The van der Waals surface area contributed by atoms with Crippen LogP contribution in [0.5, 0.6) is 0 Å². The third-order valence-corrected chi connectivity index (χ3v) is 4.03. The summed E-state index contributed by atoms with van der Waals surface area (Å²) in [5.41, 5.74) is 2.52. The summed E-state index contributed by atoms with van der Waals surface area (Å²) in [6, 6.07) is 0. The van der Waals surface area contributed by atoms with Crippen molar-refractivity contribution in [3.63, 3.8) is 0 Å². The minimum Gasteiger partial charge on any atom is -0.356 e. The Morgan fingerprint density at radius 2 is 1.94 bits per heavy atom. The number of nitrogens with zero attached hydrogens (tertiary/aromatic N) is 3. The number of hydrogen-bond acceptors (Lipinski definition) is 5. The van der Waals surface area contributed by atoms with Crippen LogP contribution < -0.4 is 10.2 Å². The number of fused-ring (bicyclic) bond motifs is 1. The van der Waals surface area contributed by atoms with E-state index in [0.717, 1.165) is 31.3 Å². The SMILES string of the molecule is CSc1nc2c(c(N3CCCCC3)n1)CNC2. The number of piperidine rings is 1. The van der Waals surface area contributed by atoms with Crippen LogP contribution in [0.2, 0.25) is 0 Å². The summed E-state index contributed by atoms with van der Waals surface area (Å²) in [5, 5.41) is 4.29. The van der Waals surface area contributed by atoms with Crippen molar-refractivity contribution in [2.45, 2.75) is 37.5 Å². The molecule has 4 nitrogen and oxygen atoms in total. The number of nitrogens with one attached hydrogen (secondary N) is 1. The minimum absolute atomic E-state index is 0.895. The van der Waals surface area contributed by atoms with E-state index in [1.54, 1.807) is 11.8 Å². The molecule has 1 aromatic rings. The maximum Gasteiger partial charge on any atom is 0.189 e. The molecule has 3 rings (SSSR count). The van der Waals surface area contributed by atoms with E-state index in [1.165, 1.54) is 36.3 Å². The Bertz CT molecular complexity index is 415. The fourth-order valence-corrected chi connectivity index (χ4v) is 2.97. The number of hydrogen-bond donors (Lipinski definition) is 1. The van der Waals surface area contributed by atoms with Crippen LogP contribution in [0, 0.1) is 0 Å². The third-order valence-electron chi connectivity index (χ3n) is 3.48.